The smallest absolute Gasteiger partial charge is 0.328 e. The van der Waals surface area contributed by atoms with Gasteiger partial charge in [-0.1, -0.05) is 0 Å². The summed E-state index contributed by atoms with van der Waals surface area (Å²) in [4.78, 5) is 24.1. The van der Waals surface area contributed by atoms with Crippen molar-refractivity contribution in [2.45, 2.75) is 12.5 Å². The zero-order valence-corrected chi connectivity index (χ0v) is 10.2. The van der Waals surface area contributed by atoms with E-state index in [0.29, 0.717) is 6.42 Å². The molecule has 2 N–H and O–H groups in total. The van der Waals surface area contributed by atoms with E-state index in [0.717, 1.165) is 5.75 Å². The summed E-state index contributed by atoms with van der Waals surface area (Å²) in [5.41, 5.74) is 5.23. The van der Waals surface area contributed by atoms with Crippen LogP contribution < -0.4 is 5.73 Å². The van der Waals surface area contributed by atoms with Crippen LogP contribution in [0, 0.1) is 0 Å². The molecule has 0 bridgehead atoms. The fraction of sp³-hybridized carbons (Fsp3) is 0.778. The summed E-state index contributed by atoms with van der Waals surface area (Å²) in [5.74, 6) is 0.141. The SMILES string of the molecule is COC(=O)[C@H](CCSC)N(C)C(=O)CN. The lowest BCUT2D eigenvalue weighted by Crippen LogP contribution is -2.45. The first-order chi connectivity index (χ1) is 7.08. The number of methoxy groups -OCH3 is 1. The molecule has 0 aliphatic rings. The maximum Gasteiger partial charge on any atom is 0.328 e. The predicted molar refractivity (Wildman–Crippen MR) is 60.6 cm³/mol. The minimum Gasteiger partial charge on any atom is -0.467 e. The van der Waals surface area contributed by atoms with Crippen molar-refractivity contribution in [3.8, 4) is 0 Å². The predicted octanol–water partition coefficient (Wildman–Crippen LogP) is -0.302. The van der Waals surface area contributed by atoms with Gasteiger partial charge in [0.2, 0.25) is 5.91 Å². The van der Waals surface area contributed by atoms with Crippen molar-refractivity contribution in [3.63, 3.8) is 0 Å². The van der Waals surface area contributed by atoms with Crippen LogP contribution in [0.3, 0.4) is 0 Å². The van der Waals surface area contributed by atoms with Gasteiger partial charge in [-0.3, -0.25) is 4.79 Å². The van der Waals surface area contributed by atoms with Gasteiger partial charge >= 0.3 is 5.97 Å². The Morgan fingerprint density at radius 2 is 2.13 bits per heavy atom. The van der Waals surface area contributed by atoms with Crippen LogP contribution in [0.1, 0.15) is 6.42 Å². The van der Waals surface area contributed by atoms with Gasteiger partial charge in [0.1, 0.15) is 6.04 Å². The largest absolute Gasteiger partial charge is 0.467 e. The van der Waals surface area contributed by atoms with Crippen LogP contribution in [-0.2, 0) is 14.3 Å². The first-order valence-electron chi connectivity index (χ1n) is 4.61. The minimum absolute atomic E-state index is 0.0940. The second kappa shape index (κ2) is 7.53. The number of esters is 1. The lowest BCUT2D eigenvalue weighted by atomic mass is 10.2. The molecule has 5 nitrogen and oxygen atoms in total. The second-order valence-electron chi connectivity index (χ2n) is 3.03. The van der Waals surface area contributed by atoms with Gasteiger partial charge in [-0.25, -0.2) is 4.79 Å². The number of nitrogens with zero attached hydrogens (tertiary/aromatic N) is 1. The Kier molecular flexibility index (Phi) is 7.15. The molecule has 0 rings (SSSR count). The Morgan fingerprint density at radius 1 is 1.53 bits per heavy atom. The van der Waals surface area contributed by atoms with Gasteiger partial charge in [-0.2, -0.15) is 11.8 Å². The van der Waals surface area contributed by atoms with Crippen LogP contribution >= 0.6 is 11.8 Å². The van der Waals surface area contributed by atoms with Crippen molar-refractivity contribution in [1.82, 2.24) is 4.90 Å². The number of ether oxygens (including phenoxy) is 1. The summed E-state index contributed by atoms with van der Waals surface area (Å²) in [6.45, 7) is -0.0940. The molecule has 0 saturated carbocycles. The molecular formula is C9H18N2O3S. The number of carbonyl (C=O) groups is 2. The average molecular weight is 234 g/mol. The molecule has 0 heterocycles. The van der Waals surface area contributed by atoms with Crippen molar-refractivity contribution in [2.24, 2.45) is 5.73 Å². The molecule has 0 aromatic rings. The maximum absolute atomic E-state index is 11.4. The fourth-order valence-electron chi connectivity index (χ4n) is 1.15. The molecule has 0 fully saturated rings. The van der Waals surface area contributed by atoms with Gasteiger partial charge in [0.15, 0.2) is 0 Å². The Balaban J connectivity index is 4.46. The van der Waals surface area contributed by atoms with Gasteiger partial charge in [0.05, 0.1) is 13.7 Å². The maximum atomic E-state index is 11.4. The molecule has 0 radical (unpaired) electrons. The molecule has 0 saturated heterocycles. The highest BCUT2D eigenvalue weighted by Crippen LogP contribution is 2.08. The number of thioether (sulfide) groups is 1. The van der Waals surface area contributed by atoms with Crippen molar-refractivity contribution in [3.05, 3.63) is 0 Å². The zero-order valence-electron chi connectivity index (χ0n) is 9.36. The van der Waals surface area contributed by atoms with E-state index >= 15 is 0 Å². The number of carbonyl (C=O) groups excluding carboxylic acids is 2. The zero-order chi connectivity index (χ0) is 11.8. The number of nitrogens with two attached hydrogens (primary N) is 1. The summed E-state index contributed by atoms with van der Waals surface area (Å²) in [6.07, 6.45) is 2.52. The topological polar surface area (TPSA) is 72.6 Å². The minimum atomic E-state index is -0.529. The van der Waals surface area contributed by atoms with Crippen LogP contribution in [0.5, 0.6) is 0 Å². The van der Waals surface area contributed by atoms with Crippen molar-refractivity contribution < 1.29 is 14.3 Å². The molecule has 0 aliphatic heterocycles. The van der Waals surface area contributed by atoms with Crippen LogP contribution in [0.25, 0.3) is 0 Å². The number of amides is 1. The third-order valence-corrected chi connectivity index (χ3v) is 2.75. The normalized spacial score (nSPS) is 12.0. The summed E-state index contributed by atoms with van der Waals surface area (Å²) in [7, 11) is 2.88. The summed E-state index contributed by atoms with van der Waals surface area (Å²) < 4.78 is 4.64. The molecule has 15 heavy (non-hydrogen) atoms. The number of rotatable bonds is 6. The molecule has 1 amide bonds. The van der Waals surface area contributed by atoms with E-state index in [4.69, 9.17) is 5.73 Å². The highest BCUT2D eigenvalue weighted by molar-refractivity contribution is 7.98. The number of hydrogen-bond donors (Lipinski definition) is 1. The Labute approximate surface area is 94.3 Å². The average Bonchev–Trinajstić information content (AvgIpc) is 2.27. The van der Waals surface area contributed by atoms with Crippen molar-refractivity contribution >= 4 is 23.6 Å². The summed E-state index contributed by atoms with van der Waals surface area (Å²) in [6, 6.07) is -0.529. The van der Waals surface area contributed by atoms with Crippen LogP contribution in [0.4, 0.5) is 0 Å². The molecular weight excluding hydrogens is 216 g/mol. The van der Waals surface area contributed by atoms with Crippen molar-refractivity contribution in [2.75, 3.05) is 32.7 Å². The fourth-order valence-corrected chi connectivity index (χ4v) is 1.61. The third kappa shape index (κ3) is 4.53. The molecule has 0 unspecified atom stereocenters. The van der Waals surface area contributed by atoms with Crippen LogP contribution in [0.2, 0.25) is 0 Å². The van der Waals surface area contributed by atoms with Crippen LogP contribution in [-0.4, -0.2) is 55.5 Å². The third-order valence-electron chi connectivity index (χ3n) is 2.10. The standard InChI is InChI=1S/C9H18N2O3S/c1-11(8(12)6-10)7(4-5-15-3)9(13)14-2/h7H,4-6,10H2,1-3H3/t7-/m0/s1. The van der Waals surface area contributed by atoms with E-state index in [2.05, 4.69) is 4.74 Å². The molecule has 88 valence electrons. The highest BCUT2D eigenvalue weighted by atomic mass is 32.2. The lowest BCUT2D eigenvalue weighted by molar-refractivity contribution is -0.151. The quantitative estimate of drug-likeness (QED) is 0.639. The van der Waals surface area contributed by atoms with E-state index in [-0.39, 0.29) is 12.5 Å². The monoisotopic (exact) mass is 234 g/mol. The Bertz CT molecular complexity index is 223. The highest BCUT2D eigenvalue weighted by Gasteiger charge is 2.26. The van der Waals surface area contributed by atoms with E-state index < -0.39 is 12.0 Å². The molecule has 1 atom stereocenters. The van der Waals surface area contributed by atoms with E-state index in [9.17, 15) is 9.59 Å². The molecule has 0 aromatic heterocycles. The van der Waals surface area contributed by atoms with E-state index in [1.165, 1.54) is 12.0 Å². The van der Waals surface area contributed by atoms with Gasteiger partial charge < -0.3 is 15.4 Å². The van der Waals surface area contributed by atoms with Gasteiger partial charge in [-0.15, -0.1) is 0 Å². The molecule has 6 heteroatoms. The second-order valence-corrected chi connectivity index (χ2v) is 4.01. The van der Waals surface area contributed by atoms with Crippen molar-refractivity contribution in [1.29, 1.82) is 0 Å². The first kappa shape index (κ1) is 14.2. The van der Waals surface area contributed by atoms with Crippen LogP contribution in [0.15, 0.2) is 0 Å². The first-order valence-corrected chi connectivity index (χ1v) is 6.00. The van der Waals surface area contributed by atoms with Gasteiger partial charge in [-0.05, 0) is 18.4 Å². The van der Waals surface area contributed by atoms with Gasteiger partial charge in [0, 0.05) is 7.05 Å². The Morgan fingerprint density at radius 3 is 2.53 bits per heavy atom. The van der Waals surface area contributed by atoms with E-state index in [1.807, 2.05) is 6.26 Å². The number of likely N-dealkylation sites (N-methyl/N-ethyl adjacent to an activating group) is 1. The number of hydrogen-bond acceptors (Lipinski definition) is 5. The van der Waals surface area contributed by atoms with Gasteiger partial charge in [0.25, 0.3) is 0 Å². The van der Waals surface area contributed by atoms with E-state index in [1.54, 1.807) is 18.8 Å². The Hall–Kier alpha value is -0.750. The molecule has 0 aromatic carbocycles. The molecule has 0 aliphatic carbocycles. The molecule has 0 spiro atoms. The summed E-state index contributed by atoms with van der Waals surface area (Å²) in [5, 5.41) is 0. The lowest BCUT2D eigenvalue weighted by Gasteiger charge is -2.25. The summed E-state index contributed by atoms with van der Waals surface area (Å²) >= 11 is 1.62.